The molecule has 3 aromatic rings. The normalized spacial score (nSPS) is 10.5. The third kappa shape index (κ3) is 4.66. The Labute approximate surface area is 159 Å². The molecule has 0 unspecified atom stereocenters. The third-order valence-corrected chi connectivity index (χ3v) is 4.22. The van der Waals surface area contributed by atoms with Crippen LogP contribution in [0.3, 0.4) is 0 Å². The van der Waals surface area contributed by atoms with Crippen LogP contribution in [0.1, 0.15) is 10.5 Å². The molecule has 5 nitrogen and oxygen atoms in total. The average Bonchev–Trinajstić information content (AvgIpc) is 3.07. The minimum Gasteiger partial charge on any atom is -0.471 e. The van der Waals surface area contributed by atoms with Crippen LogP contribution in [0.15, 0.2) is 54.7 Å². The minimum absolute atomic E-state index is 0.168. The number of nitrogens with zero attached hydrogens (tertiary/aromatic N) is 2. The van der Waals surface area contributed by atoms with Gasteiger partial charge in [-0.15, -0.1) is 0 Å². The van der Waals surface area contributed by atoms with Gasteiger partial charge in [0, 0.05) is 16.9 Å². The van der Waals surface area contributed by atoms with Gasteiger partial charge in [0.15, 0.2) is 12.4 Å². The highest BCUT2D eigenvalue weighted by molar-refractivity contribution is 6.42. The highest BCUT2D eigenvalue weighted by Gasteiger charge is 2.11. The summed E-state index contributed by atoms with van der Waals surface area (Å²) in [5.41, 5.74) is 0.789. The molecule has 0 aliphatic rings. The number of aromatic nitrogens is 2. The van der Waals surface area contributed by atoms with E-state index in [0.29, 0.717) is 26.5 Å². The van der Waals surface area contributed by atoms with E-state index in [-0.39, 0.29) is 18.3 Å². The molecule has 0 aliphatic heterocycles. The van der Waals surface area contributed by atoms with Crippen molar-refractivity contribution >= 4 is 46.4 Å². The zero-order chi connectivity index (χ0) is 17.8. The van der Waals surface area contributed by atoms with E-state index < -0.39 is 0 Å². The van der Waals surface area contributed by atoms with Crippen LogP contribution in [0.5, 0.6) is 5.75 Å². The molecule has 0 atom stereocenters. The molecule has 0 saturated carbocycles. The van der Waals surface area contributed by atoms with Crippen LogP contribution in [-0.2, 0) is 6.73 Å². The highest BCUT2D eigenvalue weighted by atomic mass is 35.5. The number of rotatable bonds is 5. The van der Waals surface area contributed by atoms with Gasteiger partial charge in [-0.3, -0.25) is 4.79 Å². The molecule has 2 aromatic carbocycles. The summed E-state index contributed by atoms with van der Waals surface area (Å²) in [5.74, 6) is 0.297. The lowest BCUT2D eigenvalue weighted by atomic mass is 10.3. The Bertz CT molecular complexity index is 894. The second kappa shape index (κ2) is 7.78. The number of hydrogen-bond donors (Lipinski definition) is 1. The standard InChI is InChI=1S/C17H12Cl3N3O2/c18-11-1-4-13(5-2-11)25-10-23-8-7-16(22-23)17(24)21-12-3-6-14(19)15(20)9-12/h1-9H,10H2,(H,21,24). The number of carbonyl (C=O) groups excluding carboxylic acids is 1. The lowest BCUT2D eigenvalue weighted by Gasteiger charge is -2.06. The third-order valence-electron chi connectivity index (χ3n) is 3.23. The maximum atomic E-state index is 12.2. The molecule has 25 heavy (non-hydrogen) atoms. The summed E-state index contributed by atoms with van der Waals surface area (Å²) in [6, 6.07) is 13.4. The Hall–Kier alpha value is -2.21. The number of hydrogen-bond acceptors (Lipinski definition) is 3. The van der Waals surface area contributed by atoms with Crippen molar-refractivity contribution in [1.82, 2.24) is 9.78 Å². The summed E-state index contributed by atoms with van der Waals surface area (Å²) in [7, 11) is 0. The first-order valence-electron chi connectivity index (χ1n) is 7.19. The van der Waals surface area contributed by atoms with Crippen LogP contribution in [0.25, 0.3) is 0 Å². The predicted octanol–water partition coefficient (Wildman–Crippen LogP) is 5.13. The van der Waals surface area contributed by atoms with Crippen molar-refractivity contribution in [2.45, 2.75) is 6.73 Å². The number of carbonyl (C=O) groups is 1. The number of amides is 1. The smallest absolute Gasteiger partial charge is 0.276 e. The molecule has 0 radical (unpaired) electrons. The molecule has 0 bridgehead atoms. The maximum absolute atomic E-state index is 12.2. The number of anilines is 1. The van der Waals surface area contributed by atoms with Crippen LogP contribution in [0.2, 0.25) is 15.1 Å². The Kier molecular flexibility index (Phi) is 5.48. The molecule has 0 spiro atoms. The largest absolute Gasteiger partial charge is 0.471 e. The Balaban J connectivity index is 1.61. The molecule has 0 saturated heterocycles. The van der Waals surface area contributed by atoms with Gasteiger partial charge in [-0.2, -0.15) is 5.10 Å². The molecule has 0 aliphatic carbocycles. The molecule has 1 N–H and O–H groups in total. The van der Waals surface area contributed by atoms with Gasteiger partial charge in [0.1, 0.15) is 5.75 Å². The van der Waals surface area contributed by atoms with Gasteiger partial charge in [0.25, 0.3) is 5.91 Å². The van der Waals surface area contributed by atoms with Gasteiger partial charge in [-0.05, 0) is 48.5 Å². The first-order valence-corrected chi connectivity index (χ1v) is 8.33. The van der Waals surface area contributed by atoms with Crippen molar-refractivity contribution in [3.63, 3.8) is 0 Å². The van der Waals surface area contributed by atoms with Crippen LogP contribution in [-0.4, -0.2) is 15.7 Å². The van der Waals surface area contributed by atoms with Crippen LogP contribution in [0, 0.1) is 0 Å². The highest BCUT2D eigenvalue weighted by Crippen LogP contribution is 2.25. The summed E-state index contributed by atoms with van der Waals surface area (Å²) in [6.45, 7) is 0.168. The SMILES string of the molecule is O=C(Nc1ccc(Cl)c(Cl)c1)c1ccn(COc2ccc(Cl)cc2)n1. The molecule has 3 rings (SSSR count). The van der Waals surface area contributed by atoms with Gasteiger partial charge < -0.3 is 10.1 Å². The van der Waals surface area contributed by atoms with Gasteiger partial charge in [-0.25, -0.2) is 4.68 Å². The van der Waals surface area contributed by atoms with Gasteiger partial charge in [0.2, 0.25) is 0 Å². The molecule has 1 aromatic heterocycles. The first-order chi connectivity index (χ1) is 12.0. The average molecular weight is 397 g/mol. The molecule has 1 heterocycles. The predicted molar refractivity (Wildman–Crippen MR) is 98.7 cm³/mol. The minimum atomic E-state index is -0.358. The summed E-state index contributed by atoms with van der Waals surface area (Å²) in [4.78, 5) is 12.2. The van der Waals surface area contributed by atoms with E-state index in [9.17, 15) is 4.79 Å². The van der Waals surface area contributed by atoms with Crippen molar-refractivity contribution in [2.75, 3.05) is 5.32 Å². The van der Waals surface area contributed by atoms with Gasteiger partial charge >= 0.3 is 0 Å². The summed E-state index contributed by atoms with van der Waals surface area (Å²) >= 11 is 17.6. The first kappa shape index (κ1) is 17.6. The van der Waals surface area contributed by atoms with E-state index in [2.05, 4.69) is 10.4 Å². The van der Waals surface area contributed by atoms with E-state index in [1.54, 1.807) is 54.7 Å². The maximum Gasteiger partial charge on any atom is 0.276 e. The van der Waals surface area contributed by atoms with Crippen LogP contribution < -0.4 is 10.1 Å². The van der Waals surface area contributed by atoms with Gasteiger partial charge in [0.05, 0.1) is 10.0 Å². The molecule has 0 fully saturated rings. The summed E-state index contributed by atoms with van der Waals surface area (Å²) in [5, 5.41) is 8.29. The van der Waals surface area contributed by atoms with Crippen molar-refractivity contribution in [1.29, 1.82) is 0 Å². The quantitative estimate of drug-likeness (QED) is 0.650. The van der Waals surface area contributed by atoms with E-state index in [1.165, 1.54) is 4.68 Å². The molecule has 1 amide bonds. The van der Waals surface area contributed by atoms with Crippen molar-refractivity contribution in [2.24, 2.45) is 0 Å². The van der Waals surface area contributed by atoms with E-state index in [0.717, 1.165) is 0 Å². The molecule has 8 heteroatoms. The lowest BCUT2D eigenvalue weighted by Crippen LogP contribution is -2.14. The number of benzene rings is 2. The van der Waals surface area contributed by atoms with E-state index in [1.807, 2.05) is 0 Å². The van der Waals surface area contributed by atoms with Crippen molar-refractivity contribution in [3.05, 3.63) is 75.5 Å². The van der Waals surface area contributed by atoms with Crippen molar-refractivity contribution < 1.29 is 9.53 Å². The monoisotopic (exact) mass is 395 g/mol. The molecular formula is C17H12Cl3N3O2. The number of ether oxygens (including phenoxy) is 1. The zero-order valence-corrected chi connectivity index (χ0v) is 15.0. The topological polar surface area (TPSA) is 56.2 Å². The van der Waals surface area contributed by atoms with E-state index in [4.69, 9.17) is 39.5 Å². The Morgan fingerprint density at radius 3 is 2.52 bits per heavy atom. The lowest BCUT2D eigenvalue weighted by molar-refractivity contribution is 0.102. The van der Waals surface area contributed by atoms with Crippen LogP contribution >= 0.6 is 34.8 Å². The Morgan fingerprint density at radius 1 is 1.04 bits per heavy atom. The fourth-order valence-electron chi connectivity index (χ4n) is 2.00. The summed E-state index contributed by atoms with van der Waals surface area (Å²) < 4.78 is 7.08. The second-order valence-electron chi connectivity index (χ2n) is 5.05. The fraction of sp³-hybridized carbons (Fsp3) is 0.0588. The Morgan fingerprint density at radius 2 is 1.80 bits per heavy atom. The zero-order valence-electron chi connectivity index (χ0n) is 12.7. The number of halogens is 3. The van der Waals surface area contributed by atoms with Crippen molar-refractivity contribution in [3.8, 4) is 5.75 Å². The number of nitrogens with one attached hydrogen (secondary N) is 1. The van der Waals surface area contributed by atoms with Crippen LogP contribution in [0.4, 0.5) is 5.69 Å². The second-order valence-corrected chi connectivity index (χ2v) is 6.30. The molecular weight excluding hydrogens is 385 g/mol. The van der Waals surface area contributed by atoms with Gasteiger partial charge in [-0.1, -0.05) is 34.8 Å². The van der Waals surface area contributed by atoms with E-state index >= 15 is 0 Å². The fourth-order valence-corrected chi connectivity index (χ4v) is 2.42. The summed E-state index contributed by atoms with van der Waals surface area (Å²) in [6.07, 6.45) is 1.65. The molecule has 128 valence electrons.